The van der Waals surface area contributed by atoms with Crippen LogP contribution in [0.2, 0.25) is 0 Å². The van der Waals surface area contributed by atoms with Crippen LogP contribution in [0.25, 0.3) is 10.9 Å². The van der Waals surface area contributed by atoms with E-state index in [1.54, 1.807) is 20.4 Å². The van der Waals surface area contributed by atoms with Crippen LogP contribution in [-0.2, 0) is 16.1 Å². The Balaban J connectivity index is 0.000000806. The third-order valence-corrected chi connectivity index (χ3v) is 11.1. The maximum atomic E-state index is 13.6. The minimum atomic E-state index is 0.185. The number of hydrogen-bond donors (Lipinski definition) is 0. The minimum Gasteiger partial charge on any atom is -0.388 e. The van der Waals surface area contributed by atoms with Crippen molar-refractivity contribution in [3.8, 4) is 0 Å². The number of carbonyl (C=O) groups excluding carboxylic acids is 1. The smallest absolute Gasteiger partial charge is 0.157 e. The summed E-state index contributed by atoms with van der Waals surface area (Å²) < 4.78 is 6.13. The summed E-state index contributed by atoms with van der Waals surface area (Å²) in [4.78, 5) is 17.9. The summed E-state index contributed by atoms with van der Waals surface area (Å²) in [7, 11) is 3.25. The van der Waals surface area contributed by atoms with E-state index in [0.717, 1.165) is 46.9 Å². The third kappa shape index (κ3) is 4.16. The van der Waals surface area contributed by atoms with Crippen molar-refractivity contribution in [3.05, 3.63) is 24.7 Å². The van der Waals surface area contributed by atoms with Gasteiger partial charge in [0.05, 0.1) is 17.9 Å². The summed E-state index contributed by atoms with van der Waals surface area (Å²) in [5.74, 6) is 4.93. The number of methoxy groups -OCH3 is 1. The zero-order chi connectivity index (χ0) is 24.8. The van der Waals surface area contributed by atoms with E-state index in [1.807, 2.05) is 23.1 Å². The summed E-state index contributed by atoms with van der Waals surface area (Å²) in [5, 5.41) is 5.58. The first-order valence-corrected chi connectivity index (χ1v) is 14.0. The van der Waals surface area contributed by atoms with Gasteiger partial charge in [-0.05, 0) is 97.9 Å². The number of ketones is 1. The van der Waals surface area contributed by atoms with Gasteiger partial charge in [-0.15, -0.1) is 0 Å². The molecule has 5 heteroatoms. The summed E-state index contributed by atoms with van der Waals surface area (Å²) >= 11 is 0. The van der Waals surface area contributed by atoms with Crippen LogP contribution >= 0.6 is 0 Å². The number of fused-ring (bicyclic) bond motifs is 6. The van der Waals surface area contributed by atoms with Gasteiger partial charge in [-0.3, -0.25) is 14.5 Å². The summed E-state index contributed by atoms with van der Waals surface area (Å²) in [6.45, 7) is 7.99. The molecule has 6 rings (SSSR count). The van der Waals surface area contributed by atoms with Crippen LogP contribution in [0.3, 0.4) is 0 Å². The first-order chi connectivity index (χ1) is 16.8. The fourth-order valence-electron chi connectivity index (χ4n) is 9.30. The Morgan fingerprint density at radius 3 is 2.57 bits per heavy atom. The average molecular weight is 480 g/mol. The highest BCUT2D eigenvalue weighted by molar-refractivity contribution is 5.84. The molecule has 0 aromatic carbocycles. The van der Waals surface area contributed by atoms with Crippen LogP contribution in [-0.4, -0.2) is 34.8 Å². The maximum absolute atomic E-state index is 13.6. The van der Waals surface area contributed by atoms with Crippen molar-refractivity contribution < 1.29 is 9.53 Å². The number of pyridine rings is 1. The lowest BCUT2D eigenvalue weighted by Gasteiger charge is -2.61. The lowest BCUT2D eigenvalue weighted by molar-refractivity contribution is -0.137. The lowest BCUT2D eigenvalue weighted by atomic mass is 9.44. The van der Waals surface area contributed by atoms with Gasteiger partial charge in [0.15, 0.2) is 5.78 Å². The minimum absolute atomic E-state index is 0.185. The Kier molecular flexibility index (Phi) is 6.84. The van der Waals surface area contributed by atoms with Crippen LogP contribution in [0.4, 0.5) is 0 Å². The Labute approximate surface area is 211 Å². The Bertz CT molecular complexity index is 1050. The molecule has 0 bridgehead atoms. The van der Waals surface area contributed by atoms with Gasteiger partial charge in [0.2, 0.25) is 0 Å². The summed E-state index contributed by atoms with van der Waals surface area (Å²) in [5.41, 5.74) is 1.71. The highest BCUT2D eigenvalue weighted by Gasteiger charge is 2.60. The van der Waals surface area contributed by atoms with E-state index < -0.39 is 0 Å². The molecule has 192 valence electrons. The largest absolute Gasteiger partial charge is 0.388 e. The molecule has 8 unspecified atom stereocenters. The van der Waals surface area contributed by atoms with Crippen molar-refractivity contribution in [2.45, 2.75) is 85.1 Å². The topological polar surface area (TPSA) is 57.0 Å². The predicted octanol–water partition coefficient (Wildman–Crippen LogP) is 6.56. The van der Waals surface area contributed by atoms with Gasteiger partial charge in [-0.1, -0.05) is 27.2 Å². The van der Waals surface area contributed by atoms with E-state index in [4.69, 9.17) is 0 Å². The van der Waals surface area contributed by atoms with Gasteiger partial charge in [-0.25, -0.2) is 0 Å². The molecular weight excluding hydrogens is 434 g/mol. The average Bonchev–Trinajstić information content (AvgIpc) is 3.41. The second kappa shape index (κ2) is 9.61. The van der Waals surface area contributed by atoms with Crippen LogP contribution in [0.5, 0.6) is 0 Å². The number of ether oxygens (including phenoxy) is 1. The molecule has 2 aromatic rings. The van der Waals surface area contributed by atoms with Gasteiger partial charge in [0.1, 0.15) is 6.54 Å². The number of aromatic nitrogens is 3. The first kappa shape index (κ1) is 24.9. The SMILES string of the molecule is CC1CCC2(C)C(CCC3C2CCC2(C)C(C(=O)Cn4ncc5ccncc54)CCC32)C1.COC. The third-order valence-electron chi connectivity index (χ3n) is 11.1. The zero-order valence-electron chi connectivity index (χ0n) is 22.5. The quantitative estimate of drug-likeness (QED) is 0.500. The molecule has 0 radical (unpaired) electrons. The van der Waals surface area contributed by atoms with E-state index in [9.17, 15) is 4.79 Å². The number of nitrogens with zero attached hydrogens (tertiary/aromatic N) is 3. The second-order valence-corrected chi connectivity index (χ2v) is 12.8. The van der Waals surface area contributed by atoms with Crippen LogP contribution < -0.4 is 0 Å². The second-order valence-electron chi connectivity index (χ2n) is 12.8. The molecule has 2 aromatic heterocycles. The van der Waals surface area contributed by atoms with Crippen molar-refractivity contribution in [1.82, 2.24) is 14.8 Å². The molecule has 2 heterocycles. The number of carbonyl (C=O) groups is 1. The molecule has 0 N–H and O–H groups in total. The highest BCUT2D eigenvalue weighted by atomic mass is 16.4. The Morgan fingerprint density at radius 2 is 1.77 bits per heavy atom. The molecule has 0 saturated heterocycles. The van der Waals surface area contributed by atoms with Gasteiger partial charge < -0.3 is 4.74 Å². The van der Waals surface area contributed by atoms with Crippen molar-refractivity contribution in [3.63, 3.8) is 0 Å². The van der Waals surface area contributed by atoms with Crippen molar-refractivity contribution in [1.29, 1.82) is 0 Å². The monoisotopic (exact) mass is 479 g/mol. The Hall–Kier alpha value is -1.75. The molecule has 4 aliphatic carbocycles. The lowest BCUT2D eigenvalue weighted by Crippen LogP contribution is -2.53. The number of Topliss-reactive ketones (excluding diaryl/α,β-unsaturated/α-hetero) is 1. The first-order valence-electron chi connectivity index (χ1n) is 14.0. The fourth-order valence-corrected chi connectivity index (χ4v) is 9.30. The molecule has 4 fully saturated rings. The molecule has 0 amide bonds. The van der Waals surface area contributed by atoms with Crippen LogP contribution in [0.15, 0.2) is 24.7 Å². The van der Waals surface area contributed by atoms with Gasteiger partial charge in [-0.2, -0.15) is 5.10 Å². The zero-order valence-corrected chi connectivity index (χ0v) is 22.5. The van der Waals surface area contributed by atoms with E-state index in [2.05, 4.69) is 35.6 Å². The molecule has 4 saturated carbocycles. The molecular formula is C30H45N3O2. The van der Waals surface area contributed by atoms with Crippen LogP contribution in [0.1, 0.15) is 78.6 Å². The predicted molar refractivity (Wildman–Crippen MR) is 140 cm³/mol. The standard InChI is InChI=1S/C28H39N3O.C2H6O/c1-18-8-11-27(2)20(14-18)4-5-21-22-6-7-24(28(22,3)12-9-23(21)27)26(32)17-31-25-16-29-13-10-19(25)15-30-31;1-3-2/h10,13,15-16,18,20-24H,4-9,11-12,14,17H2,1-3H3;1-2H3. The molecule has 4 aliphatic rings. The van der Waals surface area contributed by atoms with E-state index in [-0.39, 0.29) is 11.3 Å². The van der Waals surface area contributed by atoms with Crippen molar-refractivity contribution in [2.75, 3.05) is 14.2 Å². The van der Waals surface area contributed by atoms with Gasteiger partial charge in [0, 0.05) is 31.7 Å². The molecule has 35 heavy (non-hydrogen) atoms. The highest BCUT2D eigenvalue weighted by Crippen LogP contribution is 2.67. The van der Waals surface area contributed by atoms with Crippen molar-refractivity contribution >= 4 is 16.7 Å². The van der Waals surface area contributed by atoms with E-state index >= 15 is 0 Å². The van der Waals surface area contributed by atoms with Crippen LogP contribution in [0, 0.1) is 46.3 Å². The molecule has 0 aliphatic heterocycles. The summed E-state index contributed by atoms with van der Waals surface area (Å²) in [6.07, 6.45) is 17.6. The maximum Gasteiger partial charge on any atom is 0.157 e. The summed E-state index contributed by atoms with van der Waals surface area (Å²) in [6, 6.07) is 1.97. The fraction of sp³-hybridized carbons (Fsp3) is 0.767. The van der Waals surface area contributed by atoms with Gasteiger partial charge >= 0.3 is 0 Å². The Morgan fingerprint density at radius 1 is 1.03 bits per heavy atom. The number of hydrogen-bond acceptors (Lipinski definition) is 4. The molecule has 8 atom stereocenters. The van der Waals surface area contributed by atoms with E-state index in [1.165, 1.54) is 51.4 Å². The van der Waals surface area contributed by atoms with Crippen molar-refractivity contribution in [2.24, 2.45) is 46.3 Å². The number of rotatable bonds is 3. The van der Waals surface area contributed by atoms with E-state index in [0.29, 0.717) is 17.7 Å². The van der Waals surface area contributed by atoms with Gasteiger partial charge in [0.25, 0.3) is 0 Å². The molecule has 5 nitrogen and oxygen atoms in total. The molecule has 0 spiro atoms. The normalized spacial score (nSPS) is 40.3.